The summed E-state index contributed by atoms with van der Waals surface area (Å²) in [7, 11) is 3.85. The first-order valence-corrected chi connectivity index (χ1v) is 8.64. The summed E-state index contributed by atoms with van der Waals surface area (Å²) in [6, 6.07) is 9.19. The fourth-order valence-corrected chi connectivity index (χ4v) is 4.46. The van der Waals surface area contributed by atoms with E-state index >= 15 is 0 Å². The van der Waals surface area contributed by atoms with E-state index in [4.69, 9.17) is 10.5 Å². The highest BCUT2D eigenvalue weighted by molar-refractivity contribution is 5.80. The third kappa shape index (κ3) is 2.29. The van der Waals surface area contributed by atoms with E-state index in [0.717, 1.165) is 41.0 Å². The van der Waals surface area contributed by atoms with Crippen LogP contribution < -0.4 is 10.5 Å². The maximum absolute atomic E-state index is 9.76. The molecule has 2 bridgehead atoms. The number of rotatable bonds is 2. The first-order valence-electron chi connectivity index (χ1n) is 8.64. The molecule has 2 N–H and O–H groups in total. The largest absolute Gasteiger partial charge is 0.496 e. The molecule has 25 heavy (non-hydrogen) atoms. The third-order valence-corrected chi connectivity index (χ3v) is 5.74. The molecule has 2 aromatic rings. The second-order valence-corrected chi connectivity index (χ2v) is 7.02. The Labute approximate surface area is 148 Å². The second-order valence-electron chi connectivity index (χ2n) is 7.02. The Morgan fingerprint density at radius 3 is 2.84 bits per heavy atom. The van der Waals surface area contributed by atoms with Gasteiger partial charge in [-0.2, -0.15) is 5.26 Å². The van der Waals surface area contributed by atoms with Crippen molar-refractivity contribution in [3.63, 3.8) is 0 Å². The monoisotopic (exact) mass is 334 g/mol. The molecular formula is C20H22N4O. The van der Waals surface area contributed by atoms with Crippen LogP contribution in [0.4, 0.5) is 5.82 Å². The summed E-state index contributed by atoms with van der Waals surface area (Å²) >= 11 is 0. The summed E-state index contributed by atoms with van der Waals surface area (Å²) < 4.78 is 5.38. The van der Waals surface area contributed by atoms with Crippen molar-refractivity contribution in [3.05, 3.63) is 40.6 Å². The van der Waals surface area contributed by atoms with Crippen molar-refractivity contribution < 1.29 is 4.74 Å². The number of nitrogens with two attached hydrogens (primary N) is 1. The number of aryl methyl sites for hydroxylation is 1. The van der Waals surface area contributed by atoms with Crippen LogP contribution in [0.15, 0.2) is 18.2 Å². The van der Waals surface area contributed by atoms with Gasteiger partial charge in [-0.15, -0.1) is 0 Å². The van der Waals surface area contributed by atoms with Crippen LogP contribution in [0.1, 0.15) is 41.3 Å². The minimum atomic E-state index is 0.311. The Kier molecular flexibility index (Phi) is 3.66. The SMILES string of the molecule is COc1ccc(-c2c(C#N)c(N)nc3c2[C@H]2CC[C@@H](C3)N2C)cc1C. The Morgan fingerprint density at radius 2 is 2.16 bits per heavy atom. The van der Waals surface area contributed by atoms with Gasteiger partial charge in [0.15, 0.2) is 0 Å². The van der Waals surface area contributed by atoms with Crippen LogP contribution in [0.3, 0.4) is 0 Å². The number of fused-ring (bicyclic) bond motifs is 4. The van der Waals surface area contributed by atoms with E-state index in [2.05, 4.69) is 29.1 Å². The molecule has 0 saturated carbocycles. The Morgan fingerprint density at radius 1 is 1.36 bits per heavy atom. The lowest BCUT2D eigenvalue weighted by molar-refractivity contribution is 0.222. The first kappa shape index (κ1) is 15.9. The van der Waals surface area contributed by atoms with Gasteiger partial charge in [-0.05, 0) is 50.1 Å². The highest BCUT2D eigenvalue weighted by Crippen LogP contribution is 2.48. The van der Waals surface area contributed by atoms with Gasteiger partial charge in [0.05, 0.1) is 7.11 Å². The first-order chi connectivity index (χ1) is 12.0. The van der Waals surface area contributed by atoms with Gasteiger partial charge in [-0.25, -0.2) is 4.98 Å². The van der Waals surface area contributed by atoms with Gasteiger partial charge in [0, 0.05) is 35.3 Å². The van der Waals surface area contributed by atoms with E-state index in [1.807, 2.05) is 19.1 Å². The molecule has 5 heteroatoms. The number of nitriles is 1. The van der Waals surface area contributed by atoms with Crippen molar-refractivity contribution in [2.45, 2.75) is 38.3 Å². The summed E-state index contributed by atoms with van der Waals surface area (Å²) in [5.41, 5.74) is 11.9. The Hall–Kier alpha value is -2.58. The molecule has 0 aliphatic carbocycles. The van der Waals surface area contributed by atoms with Crippen LogP contribution in [-0.4, -0.2) is 30.1 Å². The normalized spacial score (nSPS) is 21.7. The van der Waals surface area contributed by atoms with Crippen molar-refractivity contribution in [3.8, 4) is 22.9 Å². The number of nitrogens with zero attached hydrogens (tertiary/aromatic N) is 3. The zero-order valence-electron chi connectivity index (χ0n) is 14.8. The van der Waals surface area contributed by atoms with E-state index in [-0.39, 0.29) is 0 Å². The van der Waals surface area contributed by atoms with Crippen molar-refractivity contribution in [2.75, 3.05) is 19.9 Å². The average molecular weight is 334 g/mol. The molecule has 0 spiro atoms. The quantitative estimate of drug-likeness (QED) is 0.913. The molecule has 1 aromatic heterocycles. The third-order valence-electron chi connectivity index (χ3n) is 5.74. The lowest BCUT2D eigenvalue weighted by atomic mass is 9.86. The van der Waals surface area contributed by atoms with Gasteiger partial charge in [0.2, 0.25) is 0 Å². The van der Waals surface area contributed by atoms with Crippen LogP contribution in [0.5, 0.6) is 5.75 Å². The number of anilines is 1. The Balaban J connectivity index is 2.00. The molecule has 2 aliphatic heterocycles. The molecule has 0 amide bonds. The molecular weight excluding hydrogens is 312 g/mol. The van der Waals surface area contributed by atoms with Gasteiger partial charge >= 0.3 is 0 Å². The second kappa shape index (κ2) is 5.75. The molecule has 4 rings (SSSR count). The summed E-state index contributed by atoms with van der Waals surface area (Å²) in [6.07, 6.45) is 3.17. The average Bonchev–Trinajstić information content (AvgIpc) is 2.84. The standard InChI is InChI=1S/C20H22N4O/c1-11-8-12(4-7-17(11)25-3)18-14(10-21)20(22)23-15-9-13-5-6-16(19(15)18)24(13)2/h4,7-8,13,16H,5-6,9H2,1-3H3,(H2,22,23)/t13-,16+/m0/s1. The van der Waals surface area contributed by atoms with Crippen LogP contribution in [0.2, 0.25) is 0 Å². The minimum Gasteiger partial charge on any atom is -0.496 e. The zero-order valence-corrected chi connectivity index (χ0v) is 14.8. The summed E-state index contributed by atoms with van der Waals surface area (Å²) in [6.45, 7) is 2.02. The predicted molar refractivity (Wildman–Crippen MR) is 97.3 cm³/mol. The van der Waals surface area contributed by atoms with E-state index in [1.54, 1.807) is 7.11 Å². The molecule has 1 fully saturated rings. The fraction of sp³-hybridized carbons (Fsp3) is 0.400. The smallest absolute Gasteiger partial charge is 0.142 e. The van der Waals surface area contributed by atoms with E-state index in [0.29, 0.717) is 23.5 Å². The Bertz CT molecular complexity index is 900. The maximum Gasteiger partial charge on any atom is 0.142 e. The lowest BCUT2D eigenvalue weighted by Gasteiger charge is -2.34. The molecule has 0 unspecified atom stereocenters. The number of nitrogen functional groups attached to an aromatic ring is 1. The highest BCUT2D eigenvalue weighted by atomic mass is 16.5. The van der Waals surface area contributed by atoms with Gasteiger partial charge in [-0.1, -0.05) is 6.07 Å². The van der Waals surface area contributed by atoms with Crippen LogP contribution in [0.25, 0.3) is 11.1 Å². The van der Waals surface area contributed by atoms with Gasteiger partial charge in [0.25, 0.3) is 0 Å². The topological polar surface area (TPSA) is 75.2 Å². The van der Waals surface area contributed by atoms with Crippen LogP contribution in [0, 0.1) is 18.3 Å². The molecule has 128 valence electrons. The van der Waals surface area contributed by atoms with Crippen molar-refractivity contribution in [1.82, 2.24) is 9.88 Å². The highest BCUT2D eigenvalue weighted by Gasteiger charge is 2.41. The summed E-state index contributed by atoms with van der Waals surface area (Å²) in [4.78, 5) is 7.04. The fourth-order valence-electron chi connectivity index (χ4n) is 4.46. The molecule has 0 radical (unpaired) electrons. The number of ether oxygens (including phenoxy) is 1. The number of benzene rings is 1. The molecule has 3 heterocycles. The lowest BCUT2D eigenvalue weighted by Crippen LogP contribution is -2.35. The molecule has 2 atom stereocenters. The minimum absolute atomic E-state index is 0.311. The number of hydrogen-bond acceptors (Lipinski definition) is 5. The summed E-state index contributed by atoms with van der Waals surface area (Å²) in [5, 5.41) is 9.76. The van der Waals surface area contributed by atoms with E-state index < -0.39 is 0 Å². The molecule has 2 aliphatic rings. The van der Waals surface area contributed by atoms with Gasteiger partial charge < -0.3 is 10.5 Å². The number of hydrogen-bond donors (Lipinski definition) is 1. The van der Waals surface area contributed by atoms with Gasteiger partial charge in [-0.3, -0.25) is 4.90 Å². The van der Waals surface area contributed by atoms with Gasteiger partial charge in [0.1, 0.15) is 23.2 Å². The van der Waals surface area contributed by atoms with Crippen molar-refractivity contribution in [1.29, 1.82) is 5.26 Å². The number of aromatic nitrogens is 1. The van der Waals surface area contributed by atoms with Crippen molar-refractivity contribution >= 4 is 5.82 Å². The van der Waals surface area contributed by atoms with E-state index in [1.165, 1.54) is 12.0 Å². The molecule has 1 aromatic carbocycles. The van der Waals surface area contributed by atoms with E-state index in [9.17, 15) is 5.26 Å². The van der Waals surface area contributed by atoms with Crippen LogP contribution >= 0.6 is 0 Å². The zero-order chi connectivity index (χ0) is 17.7. The van der Waals surface area contributed by atoms with Crippen molar-refractivity contribution in [2.24, 2.45) is 0 Å². The molecule has 1 saturated heterocycles. The maximum atomic E-state index is 9.76. The number of methoxy groups -OCH3 is 1. The summed E-state index contributed by atoms with van der Waals surface area (Å²) in [5.74, 6) is 1.19. The molecule has 5 nitrogen and oxygen atoms in total. The number of likely N-dealkylation sites (N-methyl/N-ethyl adjacent to an activating group) is 1. The van der Waals surface area contributed by atoms with Crippen LogP contribution in [-0.2, 0) is 6.42 Å². The predicted octanol–water partition coefficient (Wildman–Crippen LogP) is 3.21. The number of pyridine rings is 1.